The predicted molar refractivity (Wildman–Crippen MR) is 88.1 cm³/mol. The number of anilines is 1. The third-order valence-electron chi connectivity index (χ3n) is 3.03. The van der Waals surface area contributed by atoms with Gasteiger partial charge >= 0.3 is 0 Å². The Kier molecular flexibility index (Phi) is 5.45. The lowest BCUT2D eigenvalue weighted by Gasteiger charge is -2.13. The fourth-order valence-electron chi connectivity index (χ4n) is 1.86. The van der Waals surface area contributed by atoms with Gasteiger partial charge in [-0.15, -0.1) is 11.8 Å². The number of rotatable bonds is 5. The van der Waals surface area contributed by atoms with E-state index in [2.05, 4.69) is 11.4 Å². The highest BCUT2D eigenvalue weighted by Crippen LogP contribution is 2.27. The molecule has 0 aliphatic rings. The van der Waals surface area contributed by atoms with Crippen LogP contribution in [-0.2, 0) is 4.79 Å². The van der Waals surface area contributed by atoms with Crippen LogP contribution < -0.4 is 10.1 Å². The molecular formula is C17H16N2O2S. The zero-order chi connectivity index (χ0) is 15.9. The molecule has 0 saturated heterocycles. The lowest BCUT2D eigenvalue weighted by atomic mass is 10.2. The van der Waals surface area contributed by atoms with Gasteiger partial charge in [-0.2, -0.15) is 5.26 Å². The number of thioether (sulfide) groups is 1. The number of hydrogen-bond acceptors (Lipinski definition) is 4. The standard InChI is InChI=1S/C17H16N2O2S/c1-12(22-15-8-5-7-14(10-15)21-2)17(20)19-16-9-4-3-6-13(16)11-18/h3-10,12H,1-2H3,(H,19,20). The van der Waals surface area contributed by atoms with Crippen LogP contribution in [0.3, 0.4) is 0 Å². The Labute approximate surface area is 134 Å². The number of methoxy groups -OCH3 is 1. The Balaban J connectivity index is 2.04. The smallest absolute Gasteiger partial charge is 0.237 e. The minimum Gasteiger partial charge on any atom is -0.497 e. The van der Waals surface area contributed by atoms with Crippen molar-refractivity contribution in [2.24, 2.45) is 0 Å². The molecule has 0 bridgehead atoms. The van der Waals surface area contributed by atoms with Crippen molar-refractivity contribution in [3.05, 3.63) is 54.1 Å². The van der Waals surface area contributed by atoms with Crippen molar-refractivity contribution < 1.29 is 9.53 Å². The van der Waals surface area contributed by atoms with Crippen LogP contribution in [0.2, 0.25) is 0 Å². The molecular weight excluding hydrogens is 296 g/mol. The molecule has 0 aromatic heterocycles. The topological polar surface area (TPSA) is 62.1 Å². The van der Waals surface area contributed by atoms with Crippen molar-refractivity contribution in [3.63, 3.8) is 0 Å². The van der Waals surface area contributed by atoms with E-state index in [0.717, 1.165) is 10.6 Å². The summed E-state index contributed by atoms with van der Waals surface area (Å²) in [6.45, 7) is 1.83. The normalized spacial score (nSPS) is 11.3. The van der Waals surface area contributed by atoms with Crippen molar-refractivity contribution in [2.45, 2.75) is 17.1 Å². The van der Waals surface area contributed by atoms with E-state index in [0.29, 0.717) is 11.3 Å². The number of nitrogens with zero attached hydrogens (tertiary/aromatic N) is 1. The molecule has 4 nitrogen and oxygen atoms in total. The average Bonchev–Trinajstić information content (AvgIpc) is 2.55. The first kappa shape index (κ1) is 15.9. The highest BCUT2D eigenvalue weighted by molar-refractivity contribution is 8.00. The Morgan fingerprint density at radius 2 is 2.05 bits per heavy atom. The first-order chi connectivity index (χ1) is 10.6. The maximum atomic E-state index is 12.3. The molecule has 0 aliphatic heterocycles. The Hall–Kier alpha value is -2.45. The van der Waals surface area contributed by atoms with Crippen LogP contribution in [-0.4, -0.2) is 18.3 Å². The number of carbonyl (C=O) groups is 1. The average molecular weight is 312 g/mol. The fraction of sp³-hybridized carbons (Fsp3) is 0.176. The molecule has 2 rings (SSSR count). The van der Waals surface area contributed by atoms with Crippen molar-refractivity contribution >= 4 is 23.4 Å². The highest BCUT2D eigenvalue weighted by Gasteiger charge is 2.16. The van der Waals surface area contributed by atoms with Crippen LogP contribution in [0.1, 0.15) is 12.5 Å². The zero-order valence-electron chi connectivity index (χ0n) is 12.4. The summed E-state index contributed by atoms with van der Waals surface area (Å²) in [5.74, 6) is 0.614. The number of nitriles is 1. The summed E-state index contributed by atoms with van der Waals surface area (Å²) in [6.07, 6.45) is 0. The van der Waals surface area contributed by atoms with Gasteiger partial charge in [-0.05, 0) is 37.3 Å². The minimum atomic E-state index is -0.293. The number of carbonyl (C=O) groups excluding carboxylic acids is 1. The molecule has 0 radical (unpaired) electrons. The summed E-state index contributed by atoms with van der Waals surface area (Å²) in [5, 5.41) is 11.5. The molecule has 1 amide bonds. The zero-order valence-corrected chi connectivity index (χ0v) is 13.2. The molecule has 0 spiro atoms. The van der Waals surface area contributed by atoms with Gasteiger partial charge in [0.05, 0.1) is 23.6 Å². The Bertz CT molecular complexity index is 710. The van der Waals surface area contributed by atoms with E-state index in [1.807, 2.05) is 31.2 Å². The molecule has 2 aromatic rings. The lowest BCUT2D eigenvalue weighted by Crippen LogP contribution is -2.22. The van der Waals surface area contributed by atoms with Gasteiger partial charge in [0.2, 0.25) is 5.91 Å². The van der Waals surface area contributed by atoms with Crippen LogP contribution in [0, 0.1) is 11.3 Å². The Morgan fingerprint density at radius 3 is 2.77 bits per heavy atom. The fourth-order valence-corrected chi connectivity index (χ4v) is 2.77. The summed E-state index contributed by atoms with van der Waals surface area (Å²) >= 11 is 1.44. The molecule has 0 heterocycles. The summed E-state index contributed by atoms with van der Waals surface area (Å²) in [6, 6.07) is 16.6. The van der Waals surface area contributed by atoms with Crippen molar-refractivity contribution in [1.82, 2.24) is 0 Å². The van der Waals surface area contributed by atoms with E-state index < -0.39 is 0 Å². The number of para-hydroxylation sites is 1. The summed E-state index contributed by atoms with van der Waals surface area (Å²) in [4.78, 5) is 13.2. The predicted octanol–water partition coefficient (Wildman–Crippen LogP) is 3.69. The highest BCUT2D eigenvalue weighted by atomic mass is 32.2. The van der Waals surface area contributed by atoms with Crippen LogP contribution in [0.4, 0.5) is 5.69 Å². The van der Waals surface area contributed by atoms with Crippen LogP contribution in [0.25, 0.3) is 0 Å². The van der Waals surface area contributed by atoms with E-state index in [1.165, 1.54) is 11.8 Å². The van der Waals surface area contributed by atoms with Crippen molar-refractivity contribution in [2.75, 3.05) is 12.4 Å². The molecule has 22 heavy (non-hydrogen) atoms. The third-order valence-corrected chi connectivity index (χ3v) is 4.12. The first-order valence-corrected chi connectivity index (χ1v) is 7.62. The molecule has 0 fully saturated rings. The maximum absolute atomic E-state index is 12.3. The second-order valence-electron chi connectivity index (χ2n) is 4.59. The van der Waals surface area contributed by atoms with Gasteiger partial charge in [-0.3, -0.25) is 4.79 Å². The van der Waals surface area contributed by atoms with Gasteiger partial charge < -0.3 is 10.1 Å². The van der Waals surface area contributed by atoms with Gasteiger partial charge in [-0.25, -0.2) is 0 Å². The van der Waals surface area contributed by atoms with Gasteiger partial charge in [0.15, 0.2) is 0 Å². The van der Waals surface area contributed by atoms with Gasteiger partial charge in [0.25, 0.3) is 0 Å². The molecule has 2 aromatic carbocycles. The lowest BCUT2D eigenvalue weighted by molar-refractivity contribution is -0.115. The van der Waals surface area contributed by atoms with E-state index >= 15 is 0 Å². The van der Waals surface area contributed by atoms with Crippen molar-refractivity contribution in [1.29, 1.82) is 5.26 Å². The van der Waals surface area contributed by atoms with Crippen molar-refractivity contribution in [3.8, 4) is 11.8 Å². The molecule has 5 heteroatoms. The molecule has 0 saturated carbocycles. The SMILES string of the molecule is COc1cccc(SC(C)C(=O)Nc2ccccc2C#N)c1. The number of benzene rings is 2. The maximum Gasteiger partial charge on any atom is 0.237 e. The molecule has 112 valence electrons. The van der Waals surface area contributed by atoms with Gasteiger partial charge in [0, 0.05) is 4.90 Å². The number of hydrogen-bond donors (Lipinski definition) is 1. The quantitative estimate of drug-likeness (QED) is 0.855. The van der Waals surface area contributed by atoms with E-state index in [-0.39, 0.29) is 11.2 Å². The minimum absolute atomic E-state index is 0.143. The first-order valence-electron chi connectivity index (χ1n) is 6.74. The largest absolute Gasteiger partial charge is 0.497 e. The van der Waals surface area contributed by atoms with Crippen LogP contribution >= 0.6 is 11.8 Å². The number of ether oxygens (including phenoxy) is 1. The summed E-state index contributed by atoms with van der Waals surface area (Å²) in [7, 11) is 1.61. The number of amides is 1. The third kappa shape index (κ3) is 4.03. The van der Waals surface area contributed by atoms with E-state index in [9.17, 15) is 4.79 Å². The van der Waals surface area contributed by atoms with E-state index in [1.54, 1.807) is 31.4 Å². The molecule has 0 aliphatic carbocycles. The summed E-state index contributed by atoms with van der Waals surface area (Å²) in [5.41, 5.74) is 0.988. The Morgan fingerprint density at radius 1 is 1.27 bits per heavy atom. The second-order valence-corrected chi connectivity index (χ2v) is 6.00. The van der Waals surface area contributed by atoms with Crippen LogP contribution in [0.15, 0.2) is 53.4 Å². The van der Waals surface area contributed by atoms with Crippen LogP contribution in [0.5, 0.6) is 5.75 Å². The molecule has 1 atom stereocenters. The van der Waals surface area contributed by atoms with Gasteiger partial charge in [-0.1, -0.05) is 18.2 Å². The second kappa shape index (κ2) is 7.53. The van der Waals surface area contributed by atoms with E-state index in [4.69, 9.17) is 10.00 Å². The summed E-state index contributed by atoms with van der Waals surface area (Å²) < 4.78 is 5.17. The van der Waals surface area contributed by atoms with Gasteiger partial charge in [0.1, 0.15) is 11.8 Å². The number of nitrogens with one attached hydrogen (secondary N) is 1. The monoisotopic (exact) mass is 312 g/mol. The molecule has 1 N–H and O–H groups in total. The molecule has 1 unspecified atom stereocenters.